The van der Waals surface area contributed by atoms with E-state index >= 15 is 0 Å². The van der Waals surface area contributed by atoms with Crippen LogP contribution in [0.3, 0.4) is 0 Å². The lowest BCUT2D eigenvalue weighted by Crippen LogP contribution is -2.37. The summed E-state index contributed by atoms with van der Waals surface area (Å²) in [6, 6.07) is 5.30. The molecule has 0 bridgehead atoms. The Bertz CT molecular complexity index is 502. The number of hydrogen-bond acceptors (Lipinski definition) is 4. The molecule has 21 heavy (non-hydrogen) atoms. The summed E-state index contributed by atoms with van der Waals surface area (Å²) in [4.78, 5) is 12.1. The van der Waals surface area contributed by atoms with Crippen molar-refractivity contribution in [2.24, 2.45) is 5.73 Å². The standard InChI is InChI=1S/C15H22N2O3S/c1-4-11(5-2)17-14(18)9-20-12-7-6-10(15(16)21)8-13(12)19-3/h6-8,11H,4-5,9H2,1-3H3,(H2,16,21)(H,17,18). The SMILES string of the molecule is CCC(CC)NC(=O)COc1ccc(C(N)=S)cc1OC. The highest BCUT2D eigenvalue weighted by Gasteiger charge is 2.11. The Balaban J connectivity index is 2.66. The molecule has 0 fully saturated rings. The van der Waals surface area contributed by atoms with Crippen LogP contribution in [0.5, 0.6) is 11.5 Å². The molecular weight excluding hydrogens is 288 g/mol. The van der Waals surface area contributed by atoms with Crippen LogP contribution in [0.15, 0.2) is 18.2 Å². The van der Waals surface area contributed by atoms with Gasteiger partial charge in [0.2, 0.25) is 0 Å². The maximum Gasteiger partial charge on any atom is 0.258 e. The van der Waals surface area contributed by atoms with Crippen molar-refractivity contribution in [3.63, 3.8) is 0 Å². The van der Waals surface area contributed by atoms with Crippen LogP contribution in [0.4, 0.5) is 0 Å². The third kappa shape index (κ3) is 5.23. The Hall–Kier alpha value is -1.82. The molecule has 116 valence electrons. The predicted octanol–water partition coefficient (Wildman–Crippen LogP) is 2.01. The van der Waals surface area contributed by atoms with E-state index in [1.165, 1.54) is 7.11 Å². The number of amides is 1. The fourth-order valence-electron chi connectivity index (χ4n) is 1.85. The molecule has 0 radical (unpaired) electrons. The third-order valence-corrected chi connectivity index (χ3v) is 3.39. The van der Waals surface area contributed by atoms with Gasteiger partial charge in [-0.1, -0.05) is 26.1 Å². The van der Waals surface area contributed by atoms with Crippen LogP contribution in [0.2, 0.25) is 0 Å². The molecule has 0 unspecified atom stereocenters. The lowest BCUT2D eigenvalue weighted by Gasteiger charge is -2.16. The molecule has 0 aliphatic carbocycles. The van der Waals surface area contributed by atoms with Gasteiger partial charge in [0.1, 0.15) is 4.99 Å². The third-order valence-electron chi connectivity index (χ3n) is 3.16. The second kappa shape index (κ2) is 8.46. The van der Waals surface area contributed by atoms with Crippen molar-refractivity contribution in [3.8, 4) is 11.5 Å². The second-order valence-corrected chi connectivity index (χ2v) is 5.04. The largest absolute Gasteiger partial charge is 0.493 e. The maximum atomic E-state index is 11.8. The number of ether oxygens (including phenoxy) is 2. The van der Waals surface area contributed by atoms with Gasteiger partial charge in [-0.2, -0.15) is 0 Å². The zero-order valence-electron chi connectivity index (χ0n) is 12.6. The number of rotatable bonds is 8. The van der Waals surface area contributed by atoms with Crippen LogP contribution >= 0.6 is 12.2 Å². The molecule has 6 heteroatoms. The van der Waals surface area contributed by atoms with Crippen LogP contribution in [-0.2, 0) is 4.79 Å². The van der Waals surface area contributed by atoms with Crippen LogP contribution in [0.25, 0.3) is 0 Å². The fraction of sp³-hybridized carbons (Fsp3) is 0.467. The molecule has 1 aromatic rings. The van der Waals surface area contributed by atoms with E-state index in [2.05, 4.69) is 5.32 Å². The fourth-order valence-corrected chi connectivity index (χ4v) is 1.97. The monoisotopic (exact) mass is 310 g/mol. The van der Waals surface area contributed by atoms with E-state index in [-0.39, 0.29) is 23.5 Å². The van der Waals surface area contributed by atoms with Crippen LogP contribution in [0.1, 0.15) is 32.3 Å². The van der Waals surface area contributed by atoms with Gasteiger partial charge in [0.25, 0.3) is 5.91 Å². The normalized spacial score (nSPS) is 10.3. The van der Waals surface area contributed by atoms with Crippen LogP contribution < -0.4 is 20.5 Å². The van der Waals surface area contributed by atoms with Gasteiger partial charge in [0.05, 0.1) is 7.11 Å². The first kappa shape index (κ1) is 17.2. The first-order chi connectivity index (χ1) is 10.0. The zero-order valence-corrected chi connectivity index (χ0v) is 13.5. The van der Waals surface area contributed by atoms with Crippen molar-refractivity contribution in [1.82, 2.24) is 5.32 Å². The number of nitrogens with one attached hydrogen (secondary N) is 1. The number of benzene rings is 1. The molecular formula is C15H22N2O3S. The van der Waals surface area contributed by atoms with Crippen LogP contribution in [-0.4, -0.2) is 30.7 Å². The molecule has 1 amide bonds. The summed E-state index contributed by atoms with van der Waals surface area (Å²) >= 11 is 4.91. The summed E-state index contributed by atoms with van der Waals surface area (Å²) in [7, 11) is 1.52. The molecule has 0 heterocycles. The average molecular weight is 310 g/mol. The number of hydrogen-bond donors (Lipinski definition) is 2. The van der Waals surface area contributed by atoms with E-state index in [0.717, 1.165) is 12.8 Å². The van der Waals surface area contributed by atoms with Gasteiger partial charge in [-0.15, -0.1) is 0 Å². The van der Waals surface area contributed by atoms with Crippen molar-refractivity contribution < 1.29 is 14.3 Å². The molecule has 5 nitrogen and oxygen atoms in total. The molecule has 1 rings (SSSR count). The van der Waals surface area contributed by atoms with Gasteiger partial charge < -0.3 is 20.5 Å². The molecule has 0 spiro atoms. The van der Waals surface area contributed by atoms with Gasteiger partial charge in [0, 0.05) is 11.6 Å². The average Bonchev–Trinajstić information content (AvgIpc) is 2.50. The van der Waals surface area contributed by atoms with Crippen molar-refractivity contribution in [2.45, 2.75) is 32.7 Å². The summed E-state index contributed by atoms with van der Waals surface area (Å²) in [6.07, 6.45) is 1.79. The lowest BCUT2D eigenvalue weighted by molar-refractivity contribution is -0.123. The minimum absolute atomic E-state index is 0.0563. The van der Waals surface area contributed by atoms with E-state index in [0.29, 0.717) is 17.1 Å². The van der Waals surface area contributed by atoms with E-state index in [4.69, 9.17) is 27.4 Å². The second-order valence-electron chi connectivity index (χ2n) is 4.60. The van der Waals surface area contributed by atoms with E-state index in [1.807, 2.05) is 13.8 Å². The van der Waals surface area contributed by atoms with Gasteiger partial charge in [0.15, 0.2) is 18.1 Å². The first-order valence-corrected chi connectivity index (χ1v) is 7.32. The highest BCUT2D eigenvalue weighted by Crippen LogP contribution is 2.27. The Morgan fingerprint density at radius 2 is 2.00 bits per heavy atom. The topological polar surface area (TPSA) is 73.6 Å². The summed E-state index contributed by atoms with van der Waals surface area (Å²) in [5.41, 5.74) is 6.26. The molecule has 0 saturated carbocycles. The molecule has 0 aliphatic rings. The summed E-state index contributed by atoms with van der Waals surface area (Å²) < 4.78 is 10.7. The Labute approximate surface area is 130 Å². The number of methoxy groups -OCH3 is 1. The maximum absolute atomic E-state index is 11.8. The van der Waals surface area contributed by atoms with Crippen molar-refractivity contribution in [1.29, 1.82) is 0 Å². The van der Waals surface area contributed by atoms with Crippen molar-refractivity contribution in [3.05, 3.63) is 23.8 Å². The number of carbonyl (C=O) groups is 1. The Morgan fingerprint density at radius 1 is 1.33 bits per heavy atom. The smallest absolute Gasteiger partial charge is 0.258 e. The van der Waals surface area contributed by atoms with E-state index in [9.17, 15) is 4.79 Å². The number of nitrogens with two attached hydrogens (primary N) is 1. The van der Waals surface area contributed by atoms with Gasteiger partial charge in [-0.3, -0.25) is 4.79 Å². The van der Waals surface area contributed by atoms with Gasteiger partial charge in [-0.05, 0) is 31.0 Å². The summed E-state index contributed by atoms with van der Waals surface area (Å²) in [6.45, 7) is 4.01. The number of thiocarbonyl (C=S) groups is 1. The van der Waals surface area contributed by atoms with Gasteiger partial charge in [-0.25, -0.2) is 0 Å². The van der Waals surface area contributed by atoms with Gasteiger partial charge >= 0.3 is 0 Å². The predicted molar refractivity (Wildman–Crippen MR) is 86.9 cm³/mol. The highest BCUT2D eigenvalue weighted by molar-refractivity contribution is 7.80. The number of carbonyl (C=O) groups excluding carboxylic acids is 1. The van der Waals surface area contributed by atoms with E-state index < -0.39 is 0 Å². The molecule has 0 atom stereocenters. The Kier molecular flexibility index (Phi) is 6.94. The molecule has 1 aromatic carbocycles. The summed E-state index contributed by atoms with van der Waals surface area (Å²) in [5, 5.41) is 2.91. The van der Waals surface area contributed by atoms with Crippen molar-refractivity contribution in [2.75, 3.05) is 13.7 Å². The van der Waals surface area contributed by atoms with Crippen LogP contribution in [0, 0.1) is 0 Å². The highest BCUT2D eigenvalue weighted by atomic mass is 32.1. The zero-order chi connectivity index (χ0) is 15.8. The first-order valence-electron chi connectivity index (χ1n) is 6.91. The minimum Gasteiger partial charge on any atom is -0.493 e. The quantitative estimate of drug-likeness (QED) is 0.719. The molecule has 0 aromatic heterocycles. The Morgan fingerprint density at radius 3 is 2.52 bits per heavy atom. The van der Waals surface area contributed by atoms with Crippen molar-refractivity contribution >= 4 is 23.1 Å². The lowest BCUT2D eigenvalue weighted by atomic mass is 10.2. The minimum atomic E-state index is -0.149. The molecule has 3 N–H and O–H groups in total. The molecule has 0 saturated heterocycles. The molecule has 0 aliphatic heterocycles. The summed E-state index contributed by atoms with van der Waals surface area (Å²) in [5.74, 6) is 0.831. The van der Waals surface area contributed by atoms with E-state index in [1.54, 1.807) is 18.2 Å².